The summed E-state index contributed by atoms with van der Waals surface area (Å²) in [6.45, 7) is 1.57. The molecule has 1 aromatic carbocycles. The highest BCUT2D eigenvalue weighted by Crippen LogP contribution is 2.35. The minimum Gasteiger partial charge on any atom is -0.482 e. The zero-order valence-electron chi connectivity index (χ0n) is 11.5. The summed E-state index contributed by atoms with van der Waals surface area (Å²) in [5, 5.41) is 9.13. The molecule has 0 spiro atoms. The van der Waals surface area contributed by atoms with Gasteiger partial charge in [0.1, 0.15) is 11.8 Å². The smallest absolute Gasteiger partial charge is 0.328 e. The van der Waals surface area contributed by atoms with Crippen LogP contribution in [0.5, 0.6) is 5.75 Å². The van der Waals surface area contributed by atoms with Gasteiger partial charge in [-0.15, -0.1) is 0 Å². The molecule has 6 nitrogen and oxygen atoms in total. The zero-order valence-corrected chi connectivity index (χ0v) is 11.5. The molecular weight excluding hydrogens is 262 g/mol. The fraction of sp³-hybridized carbons (Fsp3) is 0.429. The van der Waals surface area contributed by atoms with Crippen molar-refractivity contribution in [3.63, 3.8) is 0 Å². The molecule has 1 amide bonds. The van der Waals surface area contributed by atoms with Gasteiger partial charge in [0.05, 0.1) is 19.4 Å². The second-order valence-electron chi connectivity index (χ2n) is 4.46. The Morgan fingerprint density at radius 1 is 1.55 bits per heavy atom. The Balaban J connectivity index is 2.43. The highest BCUT2D eigenvalue weighted by Gasteiger charge is 2.35. The number of esters is 1. The molecule has 0 fully saturated rings. The maximum Gasteiger partial charge on any atom is 0.328 e. The number of rotatable bonds is 4. The third-order valence-electron chi connectivity index (χ3n) is 3.26. The molecule has 108 valence electrons. The van der Waals surface area contributed by atoms with Gasteiger partial charge in [-0.3, -0.25) is 9.69 Å². The summed E-state index contributed by atoms with van der Waals surface area (Å²) in [5.41, 5.74) is 1.21. The van der Waals surface area contributed by atoms with Crippen LogP contribution >= 0.6 is 0 Å². The molecule has 6 heteroatoms. The van der Waals surface area contributed by atoms with Gasteiger partial charge in [0.25, 0.3) is 5.91 Å². The van der Waals surface area contributed by atoms with Crippen LogP contribution in [0.3, 0.4) is 0 Å². The Morgan fingerprint density at radius 2 is 2.30 bits per heavy atom. The number of ether oxygens (including phenoxy) is 2. The molecule has 1 aromatic rings. The summed E-state index contributed by atoms with van der Waals surface area (Å²) in [4.78, 5) is 25.3. The van der Waals surface area contributed by atoms with Crippen LogP contribution in [0, 0.1) is 0 Å². The van der Waals surface area contributed by atoms with E-state index in [2.05, 4.69) is 0 Å². The highest BCUT2D eigenvalue weighted by molar-refractivity contribution is 6.02. The third kappa shape index (κ3) is 2.46. The van der Waals surface area contributed by atoms with E-state index in [1.807, 2.05) is 6.92 Å². The first-order valence-corrected chi connectivity index (χ1v) is 6.38. The van der Waals surface area contributed by atoms with Crippen molar-refractivity contribution in [1.29, 1.82) is 0 Å². The van der Waals surface area contributed by atoms with E-state index in [0.29, 0.717) is 23.4 Å². The number of carbonyl (C=O) groups is 2. The van der Waals surface area contributed by atoms with Crippen molar-refractivity contribution in [1.82, 2.24) is 0 Å². The molecule has 20 heavy (non-hydrogen) atoms. The summed E-state index contributed by atoms with van der Waals surface area (Å²) in [6.07, 6.45) is 0.444. The van der Waals surface area contributed by atoms with E-state index in [1.165, 1.54) is 12.0 Å². The van der Waals surface area contributed by atoms with Crippen molar-refractivity contribution in [2.75, 3.05) is 18.6 Å². The number of anilines is 1. The Morgan fingerprint density at radius 3 is 2.90 bits per heavy atom. The number of amides is 1. The van der Waals surface area contributed by atoms with E-state index in [0.717, 1.165) is 0 Å². The van der Waals surface area contributed by atoms with Gasteiger partial charge in [0.15, 0.2) is 6.61 Å². The molecule has 1 aliphatic heterocycles. The predicted octanol–water partition coefficient (Wildman–Crippen LogP) is 0.856. The molecule has 0 saturated carbocycles. The summed E-state index contributed by atoms with van der Waals surface area (Å²) in [7, 11) is 1.30. The van der Waals surface area contributed by atoms with Crippen molar-refractivity contribution < 1.29 is 24.2 Å². The molecule has 0 bridgehead atoms. The Kier molecular flexibility index (Phi) is 4.24. The van der Waals surface area contributed by atoms with E-state index in [9.17, 15) is 9.59 Å². The van der Waals surface area contributed by atoms with Gasteiger partial charge in [0.2, 0.25) is 0 Å². The highest BCUT2D eigenvalue weighted by atomic mass is 16.5. The Bertz CT molecular complexity index is 528. The first-order valence-electron chi connectivity index (χ1n) is 6.38. The van der Waals surface area contributed by atoms with Crippen LogP contribution in [0.1, 0.15) is 18.9 Å². The summed E-state index contributed by atoms with van der Waals surface area (Å²) in [6, 6.07) is 4.36. The second-order valence-corrected chi connectivity index (χ2v) is 4.46. The molecule has 2 rings (SSSR count). The summed E-state index contributed by atoms with van der Waals surface area (Å²) >= 11 is 0. The first kappa shape index (κ1) is 14.3. The van der Waals surface area contributed by atoms with Gasteiger partial charge in [-0.05, 0) is 24.1 Å². The fourth-order valence-corrected chi connectivity index (χ4v) is 2.25. The van der Waals surface area contributed by atoms with Gasteiger partial charge >= 0.3 is 5.97 Å². The SMILES string of the molecule is CCC(C(=O)OC)N1C(=O)COc2cc(CO)ccc21. The molecule has 1 N–H and O–H groups in total. The van der Waals surface area contributed by atoms with Gasteiger partial charge in [-0.25, -0.2) is 4.79 Å². The molecular formula is C14H17NO5. The number of aliphatic hydroxyl groups is 1. The van der Waals surface area contributed by atoms with Crippen LogP contribution in [-0.4, -0.2) is 36.7 Å². The van der Waals surface area contributed by atoms with Crippen LogP contribution < -0.4 is 9.64 Å². The maximum absolute atomic E-state index is 12.1. The summed E-state index contributed by atoms with van der Waals surface area (Å²) in [5.74, 6) is -0.259. The lowest BCUT2D eigenvalue weighted by molar-refractivity contribution is -0.144. The third-order valence-corrected chi connectivity index (χ3v) is 3.26. The van der Waals surface area contributed by atoms with Crippen molar-refractivity contribution >= 4 is 17.6 Å². The molecule has 0 saturated heterocycles. The number of nitrogens with zero attached hydrogens (tertiary/aromatic N) is 1. The van der Waals surface area contributed by atoms with E-state index in [-0.39, 0.29) is 19.1 Å². The lowest BCUT2D eigenvalue weighted by Crippen LogP contribution is -2.49. The van der Waals surface area contributed by atoms with Gasteiger partial charge in [-0.1, -0.05) is 13.0 Å². The van der Waals surface area contributed by atoms with Crippen LogP contribution in [0.2, 0.25) is 0 Å². The quantitative estimate of drug-likeness (QED) is 0.827. The predicted molar refractivity (Wildman–Crippen MR) is 71.4 cm³/mol. The largest absolute Gasteiger partial charge is 0.482 e. The minimum absolute atomic E-state index is 0.112. The van der Waals surface area contributed by atoms with E-state index < -0.39 is 12.0 Å². The molecule has 1 heterocycles. The molecule has 0 radical (unpaired) electrons. The van der Waals surface area contributed by atoms with E-state index in [4.69, 9.17) is 14.6 Å². The molecule has 1 unspecified atom stereocenters. The van der Waals surface area contributed by atoms with Crippen LogP contribution in [0.4, 0.5) is 5.69 Å². The van der Waals surface area contributed by atoms with Gasteiger partial charge in [0, 0.05) is 0 Å². The number of methoxy groups -OCH3 is 1. The number of benzene rings is 1. The number of hydrogen-bond acceptors (Lipinski definition) is 5. The Labute approximate surface area is 116 Å². The number of aliphatic hydroxyl groups excluding tert-OH is 1. The molecule has 0 aliphatic carbocycles. The standard InChI is InChI=1S/C14H17NO5/c1-3-10(14(18)19-2)15-11-5-4-9(7-16)6-12(11)20-8-13(15)17/h4-6,10,16H,3,7-8H2,1-2H3. The fourth-order valence-electron chi connectivity index (χ4n) is 2.25. The van der Waals surface area contributed by atoms with Gasteiger partial charge < -0.3 is 14.6 Å². The average molecular weight is 279 g/mol. The zero-order chi connectivity index (χ0) is 14.7. The Hall–Kier alpha value is -2.08. The van der Waals surface area contributed by atoms with Crippen molar-refractivity contribution in [2.24, 2.45) is 0 Å². The van der Waals surface area contributed by atoms with Gasteiger partial charge in [-0.2, -0.15) is 0 Å². The molecule has 0 aromatic heterocycles. The first-order chi connectivity index (χ1) is 9.62. The number of hydrogen-bond donors (Lipinski definition) is 1. The molecule has 1 aliphatic rings. The van der Waals surface area contributed by atoms with Crippen LogP contribution in [0.25, 0.3) is 0 Å². The lowest BCUT2D eigenvalue weighted by Gasteiger charge is -2.34. The van der Waals surface area contributed by atoms with Crippen LogP contribution in [0.15, 0.2) is 18.2 Å². The van der Waals surface area contributed by atoms with E-state index >= 15 is 0 Å². The van der Waals surface area contributed by atoms with Crippen molar-refractivity contribution in [3.05, 3.63) is 23.8 Å². The normalized spacial score (nSPS) is 15.3. The second kappa shape index (κ2) is 5.92. The monoisotopic (exact) mass is 279 g/mol. The van der Waals surface area contributed by atoms with Crippen LogP contribution in [-0.2, 0) is 20.9 Å². The van der Waals surface area contributed by atoms with Crippen molar-refractivity contribution in [2.45, 2.75) is 26.0 Å². The topological polar surface area (TPSA) is 76.1 Å². The maximum atomic E-state index is 12.1. The van der Waals surface area contributed by atoms with Crippen molar-refractivity contribution in [3.8, 4) is 5.75 Å². The minimum atomic E-state index is -0.671. The number of carbonyl (C=O) groups excluding carboxylic acids is 2. The molecule has 1 atom stereocenters. The average Bonchev–Trinajstić information content (AvgIpc) is 2.49. The lowest BCUT2D eigenvalue weighted by atomic mass is 10.1. The summed E-state index contributed by atoms with van der Waals surface area (Å²) < 4.78 is 10.1. The number of fused-ring (bicyclic) bond motifs is 1. The van der Waals surface area contributed by atoms with E-state index in [1.54, 1.807) is 18.2 Å².